The number of phenolic OH excluding ortho intramolecular Hbond substituents is 2. The van der Waals surface area contributed by atoms with Gasteiger partial charge in [-0.25, -0.2) is 0 Å². The molecule has 0 bridgehead atoms. The molecule has 1 aliphatic heterocycles. The van der Waals surface area contributed by atoms with Crippen LogP contribution >= 0.6 is 0 Å². The van der Waals surface area contributed by atoms with E-state index in [0.29, 0.717) is 17.5 Å². The maximum Gasteiger partial charge on any atom is 0.124 e. The lowest BCUT2D eigenvalue weighted by molar-refractivity contribution is 0.0546. The molecule has 1 heterocycles. The molecule has 106 valence electrons. The number of aromatic hydroxyl groups is 2. The molecule has 0 radical (unpaired) electrons. The fraction of sp³-hybridized carbons (Fsp3) is 0.600. The molecule has 3 N–H and O–H groups in total. The van der Waals surface area contributed by atoms with Gasteiger partial charge in [-0.1, -0.05) is 6.07 Å². The van der Waals surface area contributed by atoms with Gasteiger partial charge in [0.1, 0.15) is 11.5 Å². The molecule has 0 saturated carbocycles. The van der Waals surface area contributed by atoms with Gasteiger partial charge in [0.2, 0.25) is 0 Å². The van der Waals surface area contributed by atoms with Crippen LogP contribution in [0.15, 0.2) is 18.2 Å². The van der Waals surface area contributed by atoms with Gasteiger partial charge in [0.15, 0.2) is 0 Å². The standard InChI is InChI=1S/C15H23NO3/c1-10(12-6-8-19-9-7-12)16-11(2)15-13(17)4-3-5-14(15)18/h3-5,10-12,16-18H,6-9H2,1-2H3. The van der Waals surface area contributed by atoms with Crippen molar-refractivity contribution in [3.63, 3.8) is 0 Å². The molecular formula is C15H23NO3. The molecule has 0 spiro atoms. The summed E-state index contributed by atoms with van der Waals surface area (Å²) in [5, 5.41) is 23.2. The Bertz CT molecular complexity index is 396. The number of ether oxygens (including phenoxy) is 1. The predicted molar refractivity (Wildman–Crippen MR) is 74.3 cm³/mol. The van der Waals surface area contributed by atoms with Gasteiger partial charge in [0.25, 0.3) is 0 Å². The molecule has 0 aromatic heterocycles. The second-order valence-corrected chi connectivity index (χ2v) is 5.34. The maximum atomic E-state index is 9.86. The molecule has 1 fully saturated rings. The number of rotatable bonds is 4. The average molecular weight is 265 g/mol. The molecule has 0 aliphatic carbocycles. The minimum Gasteiger partial charge on any atom is -0.507 e. The summed E-state index contributed by atoms with van der Waals surface area (Å²) in [7, 11) is 0. The first kappa shape index (κ1) is 14.2. The normalized spacial score (nSPS) is 20.1. The van der Waals surface area contributed by atoms with E-state index in [-0.39, 0.29) is 17.5 Å². The number of phenols is 2. The second kappa shape index (κ2) is 6.26. The molecular weight excluding hydrogens is 242 g/mol. The van der Waals surface area contributed by atoms with Crippen LogP contribution in [-0.4, -0.2) is 29.5 Å². The Morgan fingerprint density at radius 1 is 1.16 bits per heavy atom. The molecule has 1 aliphatic rings. The number of hydrogen-bond donors (Lipinski definition) is 3. The molecule has 1 aromatic rings. The highest BCUT2D eigenvalue weighted by Gasteiger charge is 2.23. The first-order valence-corrected chi connectivity index (χ1v) is 6.94. The summed E-state index contributed by atoms with van der Waals surface area (Å²) in [5.74, 6) is 0.863. The summed E-state index contributed by atoms with van der Waals surface area (Å²) in [6, 6.07) is 5.10. The highest BCUT2D eigenvalue weighted by molar-refractivity contribution is 5.44. The second-order valence-electron chi connectivity index (χ2n) is 5.34. The van der Waals surface area contributed by atoms with Crippen molar-refractivity contribution in [3.8, 4) is 11.5 Å². The van der Waals surface area contributed by atoms with Crippen LogP contribution in [0.4, 0.5) is 0 Å². The highest BCUT2D eigenvalue weighted by atomic mass is 16.5. The van der Waals surface area contributed by atoms with Gasteiger partial charge in [-0.05, 0) is 44.7 Å². The van der Waals surface area contributed by atoms with Gasteiger partial charge in [-0.2, -0.15) is 0 Å². The molecule has 2 unspecified atom stereocenters. The summed E-state index contributed by atoms with van der Waals surface area (Å²) in [6.45, 7) is 5.77. The summed E-state index contributed by atoms with van der Waals surface area (Å²) in [5.41, 5.74) is 0.571. The Hall–Kier alpha value is -1.26. The molecule has 1 aromatic carbocycles. The van der Waals surface area contributed by atoms with Crippen LogP contribution in [0.1, 0.15) is 38.3 Å². The molecule has 2 rings (SSSR count). The third-order valence-corrected chi connectivity index (χ3v) is 3.98. The summed E-state index contributed by atoms with van der Waals surface area (Å²) >= 11 is 0. The minimum absolute atomic E-state index is 0.0842. The smallest absolute Gasteiger partial charge is 0.124 e. The van der Waals surface area contributed by atoms with E-state index in [1.165, 1.54) is 0 Å². The lowest BCUT2D eigenvalue weighted by Crippen LogP contribution is -2.38. The summed E-state index contributed by atoms with van der Waals surface area (Å²) in [6.07, 6.45) is 2.13. The molecule has 1 saturated heterocycles. The summed E-state index contributed by atoms with van der Waals surface area (Å²) < 4.78 is 5.37. The monoisotopic (exact) mass is 265 g/mol. The van der Waals surface area contributed by atoms with Crippen LogP contribution in [0.3, 0.4) is 0 Å². The van der Waals surface area contributed by atoms with Crippen molar-refractivity contribution in [1.82, 2.24) is 5.32 Å². The lowest BCUT2D eigenvalue weighted by atomic mass is 9.92. The number of hydrogen-bond acceptors (Lipinski definition) is 4. The average Bonchev–Trinajstić information content (AvgIpc) is 2.39. The van der Waals surface area contributed by atoms with Crippen molar-refractivity contribution in [2.75, 3.05) is 13.2 Å². The fourth-order valence-electron chi connectivity index (χ4n) is 2.81. The van der Waals surface area contributed by atoms with Gasteiger partial charge < -0.3 is 20.3 Å². The zero-order valence-corrected chi connectivity index (χ0v) is 11.6. The largest absolute Gasteiger partial charge is 0.507 e. The van der Waals surface area contributed by atoms with Crippen molar-refractivity contribution in [1.29, 1.82) is 0 Å². The Kier molecular flexibility index (Phi) is 4.66. The van der Waals surface area contributed by atoms with Gasteiger partial charge in [-0.3, -0.25) is 0 Å². The first-order chi connectivity index (χ1) is 9.09. The third-order valence-electron chi connectivity index (χ3n) is 3.98. The molecule has 0 amide bonds. The Labute approximate surface area is 114 Å². The van der Waals surface area contributed by atoms with Gasteiger partial charge in [-0.15, -0.1) is 0 Å². The van der Waals surface area contributed by atoms with E-state index in [0.717, 1.165) is 26.1 Å². The Balaban J connectivity index is 2.01. The topological polar surface area (TPSA) is 61.7 Å². The first-order valence-electron chi connectivity index (χ1n) is 6.94. The SMILES string of the molecule is CC(NC(C)C1CCOCC1)c1c(O)cccc1O. The van der Waals surface area contributed by atoms with Crippen molar-refractivity contribution in [2.45, 2.75) is 38.8 Å². The predicted octanol–water partition coefficient (Wildman–Crippen LogP) is 2.56. The van der Waals surface area contributed by atoms with E-state index in [2.05, 4.69) is 12.2 Å². The Morgan fingerprint density at radius 3 is 2.32 bits per heavy atom. The van der Waals surface area contributed by atoms with E-state index < -0.39 is 0 Å². The molecule has 2 atom stereocenters. The van der Waals surface area contributed by atoms with Crippen molar-refractivity contribution in [3.05, 3.63) is 23.8 Å². The summed E-state index contributed by atoms with van der Waals surface area (Å²) in [4.78, 5) is 0. The number of benzene rings is 1. The fourth-order valence-corrected chi connectivity index (χ4v) is 2.81. The van der Waals surface area contributed by atoms with Crippen LogP contribution < -0.4 is 5.32 Å². The van der Waals surface area contributed by atoms with E-state index in [9.17, 15) is 10.2 Å². The van der Waals surface area contributed by atoms with Crippen LogP contribution in [-0.2, 0) is 4.74 Å². The van der Waals surface area contributed by atoms with Gasteiger partial charge in [0.05, 0.1) is 5.56 Å². The van der Waals surface area contributed by atoms with Crippen LogP contribution in [0.25, 0.3) is 0 Å². The van der Waals surface area contributed by atoms with Crippen LogP contribution in [0.2, 0.25) is 0 Å². The molecule has 4 nitrogen and oxygen atoms in total. The van der Waals surface area contributed by atoms with Crippen molar-refractivity contribution in [2.24, 2.45) is 5.92 Å². The van der Waals surface area contributed by atoms with Crippen molar-refractivity contribution >= 4 is 0 Å². The Morgan fingerprint density at radius 2 is 1.74 bits per heavy atom. The lowest BCUT2D eigenvalue weighted by Gasteiger charge is -2.31. The quantitative estimate of drug-likeness (QED) is 0.783. The third kappa shape index (κ3) is 3.39. The van der Waals surface area contributed by atoms with Crippen LogP contribution in [0, 0.1) is 5.92 Å². The number of nitrogens with one attached hydrogen (secondary N) is 1. The van der Waals surface area contributed by atoms with Gasteiger partial charge >= 0.3 is 0 Å². The maximum absolute atomic E-state index is 9.86. The van der Waals surface area contributed by atoms with Gasteiger partial charge in [0, 0.05) is 25.3 Å². The van der Waals surface area contributed by atoms with Crippen molar-refractivity contribution < 1.29 is 14.9 Å². The highest BCUT2D eigenvalue weighted by Crippen LogP contribution is 2.33. The van der Waals surface area contributed by atoms with E-state index in [1.807, 2.05) is 6.92 Å². The van der Waals surface area contributed by atoms with E-state index >= 15 is 0 Å². The van der Waals surface area contributed by atoms with E-state index in [1.54, 1.807) is 18.2 Å². The van der Waals surface area contributed by atoms with Crippen LogP contribution in [0.5, 0.6) is 11.5 Å². The zero-order valence-electron chi connectivity index (χ0n) is 11.6. The molecule has 19 heavy (non-hydrogen) atoms. The van der Waals surface area contributed by atoms with E-state index in [4.69, 9.17) is 4.74 Å². The molecule has 4 heteroatoms. The zero-order chi connectivity index (χ0) is 13.8. The minimum atomic E-state index is -0.0842.